The summed E-state index contributed by atoms with van der Waals surface area (Å²) >= 11 is 0. The minimum Gasteiger partial charge on any atom is -0.478 e. The summed E-state index contributed by atoms with van der Waals surface area (Å²) in [5, 5.41) is 13.9. The van der Waals surface area contributed by atoms with Crippen LogP contribution in [-0.4, -0.2) is 48.7 Å². The Labute approximate surface area is 122 Å². The molecule has 7 heteroatoms. The number of nitrogens with zero attached hydrogens (tertiary/aromatic N) is 1. The standard InChI is InChI=1S/C14H20FN3O3/c1-9(7-8-18(2)3)16-14(21)17-12-10(13(19)20)5-4-6-11(12)15/h4-6,9H,7-8H2,1-3H3,(H,19,20)(H2,16,17,21). The van der Waals surface area contributed by atoms with E-state index < -0.39 is 17.8 Å². The van der Waals surface area contributed by atoms with Crippen LogP contribution in [0.5, 0.6) is 0 Å². The minimum absolute atomic E-state index is 0.118. The van der Waals surface area contributed by atoms with Crippen LogP contribution in [0.1, 0.15) is 23.7 Å². The third-order valence-electron chi connectivity index (χ3n) is 2.87. The van der Waals surface area contributed by atoms with Gasteiger partial charge in [-0.05, 0) is 46.1 Å². The number of carbonyl (C=O) groups is 2. The molecule has 0 heterocycles. The number of carboxylic acid groups (broad SMARTS) is 1. The molecule has 0 saturated carbocycles. The lowest BCUT2D eigenvalue weighted by Gasteiger charge is -2.17. The maximum Gasteiger partial charge on any atom is 0.337 e. The Morgan fingerprint density at radius 3 is 2.62 bits per heavy atom. The van der Waals surface area contributed by atoms with Crippen LogP contribution in [0.15, 0.2) is 18.2 Å². The third-order valence-corrected chi connectivity index (χ3v) is 2.87. The molecule has 0 fully saturated rings. The van der Waals surface area contributed by atoms with Crippen LogP contribution in [-0.2, 0) is 0 Å². The van der Waals surface area contributed by atoms with Gasteiger partial charge in [0.25, 0.3) is 0 Å². The van der Waals surface area contributed by atoms with E-state index in [0.29, 0.717) is 0 Å². The lowest BCUT2D eigenvalue weighted by atomic mass is 10.1. The van der Waals surface area contributed by atoms with Crippen LogP contribution in [0.4, 0.5) is 14.9 Å². The topological polar surface area (TPSA) is 81.7 Å². The molecule has 3 N–H and O–H groups in total. The maximum atomic E-state index is 13.6. The molecule has 0 aliphatic heterocycles. The van der Waals surface area contributed by atoms with E-state index in [1.54, 1.807) is 0 Å². The SMILES string of the molecule is CC(CCN(C)C)NC(=O)Nc1c(F)cccc1C(=O)O. The average molecular weight is 297 g/mol. The highest BCUT2D eigenvalue weighted by Crippen LogP contribution is 2.19. The Bertz CT molecular complexity index is 520. The summed E-state index contributed by atoms with van der Waals surface area (Å²) in [6.07, 6.45) is 0.726. The molecular formula is C14H20FN3O3. The average Bonchev–Trinajstić information content (AvgIpc) is 2.38. The van der Waals surface area contributed by atoms with Gasteiger partial charge < -0.3 is 20.6 Å². The molecule has 1 aromatic rings. The van der Waals surface area contributed by atoms with Crippen LogP contribution in [0.25, 0.3) is 0 Å². The Hall–Kier alpha value is -2.15. The van der Waals surface area contributed by atoms with Gasteiger partial charge in [-0.1, -0.05) is 6.07 Å². The first-order valence-electron chi connectivity index (χ1n) is 6.55. The number of benzene rings is 1. The number of amides is 2. The summed E-state index contributed by atoms with van der Waals surface area (Å²) in [6.45, 7) is 2.62. The van der Waals surface area contributed by atoms with E-state index in [-0.39, 0.29) is 17.3 Å². The number of anilines is 1. The van der Waals surface area contributed by atoms with Gasteiger partial charge in [0.15, 0.2) is 0 Å². The molecule has 0 saturated heterocycles. The first kappa shape index (κ1) is 16.9. The smallest absolute Gasteiger partial charge is 0.337 e. The molecule has 21 heavy (non-hydrogen) atoms. The van der Waals surface area contributed by atoms with Gasteiger partial charge in [-0.25, -0.2) is 14.0 Å². The van der Waals surface area contributed by atoms with Gasteiger partial charge in [0.2, 0.25) is 0 Å². The Morgan fingerprint density at radius 1 is 1.38 bits per heavy atom. The highest BCUT2D eigenvalue weighted by molar-refractivity contribution is 6.00. The summed E-state index contributed by atoms with van der Waals surface area (Å²) < 4.78 is 13.6. The fourth-order valence-electron chi connectivity index (χ4n) is 1.73. The van der Waals surface area contributed by atoms with Gasteiger partial charge in [-0.2, -0.15) is 0 Å². The number of rotatable bonds is 6. The first-order valence-corrected chi connectivity index (χ1v) is 6.55. The zero-order chi connectivity index (χ0) is 16.0. The van der Waals surface area contributed by atoms with E-state index in [1.807, 2.05) is 25.9 Å². The molecule has 1 rings (SSSR count). The predicted molar refractivity (Wildman–Crippen MR) is 78.1 cm³/mol. The number of nitrogens with one attached hydrogen (secondary N) is 2. The van der Waals surface area contributed by atoms with Crippen LogP contribution in [0, 0.1) is 5.82 Å². The van der Waals surface area contributed by atoms with E-state index >= 15 is 0 Å². The second-order valence-corrected chi connectivity index (χ2v) is 5.06. The van der Waals surface area contributed by atoms with Crippen molar-refractivity contribution in [1.29, 1.82) is 0 Å². The van der Waals surface area contributed by atoms with Crippen molar-refractivity contribution in [2.45, 2.75) is 19.4 Å². The molecule has 1 aromatic carbocycles. The van der Waals surface area contributed by atoms with Gasteiger partial charge in [0.1, 0.15) is 5.82 Å². The van der Waals surface area contributed by atoms with E-state index in [0.717, 1.165) is 19.0 Å². The lowest BCUT2D eigenvalue weighted by molar-refractivity contribution is 0.0697. The summed E-state index contributed by atoms with van der Waals surface area (Å²) in [5.41, 5.74) is -0.617. The number of para-hydroxylation sites is 1. The molecule has 1 unspecified atom stereocenters. The molecule has 0 spiro atoms. The van der Waals surface area contributed by atoms with Gasteiger partial charge in [-0.15, -0.1) is 0 Å². The number of carboxylic acids is 1. The lowest BCUT2D eigenvalue weighted by Crippen LogP contribution is -2.38. The number of hydrogen-bond donors (Lipinski definition) is 3. The molecule has 0 radical (unpaired) electrons. The summed E-state index contributed by atoms with van der Waals surface area (Å²) in [5.74, 6) is -2.09. The van der Waals surface area contributed by atoms with Gasteiger partial charge in [0.05, 0.1) is 11.3 Å². The largest absolute Gasteiger partial charge is 0.478 e. The molecule has 0 aliphatic rings. The van der Waals surface area contributed by atoms with Gasteiger partial charge >= 0.3 is 12.0 Å². The number of carbonyl (C=O) groups excluding carboxylic acids is 1. The molecule has 0 aliphatic carbocycles. The van der Waals surface area contributed by atoms with Crippen molar-refractivity contribution in [3.8, 4) is 0 Å². The molecule has 6 nitrogen and oxygen atoms in total. The number of halogens is 1. The highest BCUT2D eigenvalue weighted by Gasteiger charge is 2.17. The van der Waals surface area contributed by atoms with Crippen molar-refractivity contribution in [2.24, 2.45) is 0 Å². The Kier molecular flexibility index (Phi) is 6.10. The fraction of sp³-hybridized carbons (Fsp3) is 0.429. The van der Waals surface area contributed by atoms with Crippen LogP contribution in [0.2, 0.25) is 0 Å². The van der Waals surface area contributed by atoms with Crippen molar-refractivity contribution >= 4 is 17.7 Å². The van der Waals surface area contributed by atoms with E-state index in [4.69, 9.17) is 5.11 Å². The molecular weight excluding hydrogens is 277 g/mol. The highest BCUT2D eigenvalue weighted by atomic mass is 19.1. The van der Waals surface area contributed by atoms with E-state index in [1.165, 1.54) is 12.1 Å². The quantitative estimate of drug-likeness (QED) is 0.750. The molecule has 0 aromatic heterocycles. The van der Waals surface area contributed by atoms with Crippen molar-refractivity contribution < 1.29 is 19.1 Å². The number of urea groups is 1. The maximum absolute atomic E-state index is 13.6. The molecule has 2 amide bonds. The predicted octanol–water partition coefficient (Wildman–Crippen LogP) is 1.99. The first-order chi connectivity index (χ1) is 9.81. The van der Waals surface area contributed by atoms with Crippen LogP contribution in [0.3, 0.4) is 0 Å². The molecule has 1 atom stereocenters. The fourth-order valence-corrected chi connectivity index (χ4v) is 1.73. The molecule has 116 valence electrons. The van der Waals surface area contributed by atoms with Crippen molar-refractivity contribution in [3.05, 3.63) is 29.6 Å². The second-order valence-electron chi connectivity index (χ2n) is 5.06. The van der Waals surface area contributed by atoms with E-state index in [9.17, 15) is 14.0 Å². The summed E-state index contributed by atoms with van der Waals surface area (Å²) in [4.78, 5) is 24.8. The summed E-state index contributed by atoms with van der Waals surface area (Å²) in [7, 11) is 3.84. The van der Waals surface area contributed by atoms with Crippen LogP contribution >= 0.6 is 0 Å². The number of hydrogen-bond acceptors (Lipinski definition) is 3. The van der Waals surface area contributed by atoms with Gasteiger partial charge in [0, 0.05) is 6.04 Å². The monoisotopic (exact) mass is 297 g/mol. The van der Waals surface area contributed by atoms with Crippen molar-refractivity contribution in [3.63, 3.8) is 0 Å². The number of aromatic carboxylic acids is 1. The normalized spacial score (nSPS) is 12.0. The third kappa shape index (κ3) is 5.39. The Balaban J connectivity index is 2.69. The van der Waals surface area contributed by atoms with Crippen molar-refractivity contribution in [1.82, 2.24) is 10.2 Å². The van der Waals surface area contributed by atoms with Gasteiger partial charge in [-0.3, -0.25) is 0 Å². The molecule has 0 bridgehead atoms. The van der Waals surface area contributed by atoms with Crippen LogP contribution < -0.4 is 10.6 Å². The minimum atomic E-state index is -1.30. The van der Waals surface area contributed by atoms with E-state index in [2.05, 4.69) is 10.6 Å². The Morgan fingerprint density at radius 2 is 2.05 bits per heavy atom. The van der Waals surface area contributed by atoms with Crippen molar-refractivity contribution in [2.75, 3.05) is 26.0 Å². The zero-order valence-electron chi connectivity index (χ0n) is 12.3. The summed E-state index contributed by atoms with van der Waals surface area (Å²) in [6, 6.07) is 2.86. The second kappa shape index (κ2) is 7.58. The zero-order valence-corrected chi connectivity index (χ0v) is 12.3.